The van der Waals surface area contributed by atoms with Gasteiger partial charge in [0.05, 0.1) is 11.0 Å². The zero-order chi connectivity index (χ0) is 25.4. The fourth-order valence-electron chi connectivity index (χ4n) is 8.07. The number of fused-ring (bicyclic) bond motifs is 3. The molecule has 1 N–H and O–H groups in total. The van der Waals surface area contributed by atoms with Gasteiger partial charge in [-0.25, -0.2) is 4.98 Å². The zero-order valence-corrected chi connectivity index (χ0v) is 22.1. The molecule has 4 aliphatic rings. The number of nitrogens with zero attached hydrogens (tertiary/aromatic N) is 4. The molecule has 4 heterocycles. The summed E-state index contributed by atoms with van der Waals surface area (Å²) in [7, 11) is 0. The average Bonchev–Trinajstić information content (AvgIpc) is 3.41. The first-order valence-corrected chi connectivity index (χ1v) is 14.8. The highest BCUT2D eigenvalue weighted by Crippen LogP contribution is 2.42. The Morgan fingerprint density at radius 1 is 0.892 bits per heavy atom. The third kappa shape index (κ3) is 5.16. The van der Waals surface area contributed by atoms with Crippen molar-refractivity contribution < 1.29 is 9.90 Å². The van der Waals surface area contributed by atoms with Crippen molar-refractivity contribution in [1.29, 1.82) is 0 Å². The van der Waals surface area contributed by atoms with Gasteiger partial charge in [0.15, 0.2) is 5.82 Å². The molecule has 0 radical (unpaired) electrons. The summed E-state index contributed by atoms with van der Waals surface area (Å²) in [6.45, 7) is 2.05. The van der Waals surface area contributed by atoms with Gasteiger partial charge in [-0.1, -0.05) is 44.2 Å². The Kier molecular flexibility index (Phi) is 7.24. The van der Waals surface area contributed by atoms with E-state index in [-0.39, 0.29) is 17.9 Å². The molecule has 3 saturated heterocycles. The van der Waals surface area contributed by atoms with Gasteiger partial charge < -0.3 is 14.6 Å². The van der Waals surface area contributed by atoms with Gasteiger partial charge in [0.1, 0.15) is 0 Å². The third-order valence-electron chi connectivity index (χ3n) is 9.71. The maximum Gasteiger partial charge on any atom is 0.303 e. The number of carbonyl (C=O) groups is 1. The largest absolute Gasteiger partial charge is 0.481 e. The predicted octanol–water partition coefficient (Wildman–Crippen LogP) is 5.05. The summed E-state index contributed by atoms with van der Waals surface area (Å²) in [6, 6.07) is 10.1. The van der Waals surface area contributed by atoms with E-state index in [4.69, 9.17) is 4.98 Å². The highest BCUT2D eigenvalue weighted by atomic mass is 16.4. The van der Waals surface area contributed by atoms with Crippen LogP contribution >= 0.6 is 0 Å². The molecule has 7 heteroatoms. The minimum Gasteiger partial charge on any atom is -0.481 e. The molecule has 2 aromatic rings. The number of carboxylic acid groups (broad SMARTS) is 1. The van der Waals surface area contributed by atoms with Gasteiger partial charge >= 0.3 is 5.97 Å². The van der Waals surface area contributed by atoms with Gasteiger partial charge in [0.25, 0.3) is 5.56 Å². The van der Waals surface area contributed by atoms with Crippen LogP contribution in [0.25, 0.3) is 11.0 Å². The van der Waals surface area contributed by atoms with Crippen LogP contribution in [-0.2, 0) is 11.3 Å². The minimum absolute atomic E-state index is 0.00975. The Labute approximate surface area is 219 Å². The fraction of sp³-hybridized carbons (Fsp3) is 0.700. The normalized spacial score (nSPS) is 29.5. The van der Waals surface area contributed by atoms with Gasteiger partial charge in [-0.2, -0.15) is 0 Å². The zero-order valence-electron chi connectivity index (χ0n) is 22.1. The topological polar surface area (TPSA) is 78.7 Å². The number of piperidine rings is 1. The average molecular weight is 507 g/mol. The molecule has 1 aromatic carbocycles. The van der Waals surface area contributed by atoms with Crippen LogP contribution in [0.15, 0.2) is 29.1 Å². The van der Waals surface area contributed by atoms with Crippen LogP contribution in [0.2, 0.25) is 0 Å². The summed E-state index contributed by atoms with van der Waals surface area (Å²) in [5, 5.41) is 9.23. The summed E-state index contributed by atoms with van der Waals surface area (Å²) >= 11 is 0. The number of aromatic nitrogens is 2. The summed E-state index contributed by atoms with van der Waals surface area (Å²) in [5.74, 6) is 0.321. The molecule has 1 aromatic heterocycles. The van der Waals surface area contributed by atoms with E-state index in [2.05, 4.69) is 4.90 Å². The van der Waals surface area contributed by atoms with E-state index in [0.717, 1.165) is 30.0 Å². The van der Waals surface area contributed by atoms with Crippen LogP contribution < -0.4 is 10.5 Å². The molecule has 1 saturated carbocycles. The maximum atomic E-state index is 13.9. The van der Waals surface area contributed by atoms with E-state index < -0.39 is 5.97 Å². The van der Waals surface area contributed by atoms with Crippen molar-refractivity contribution in [3.05, 3.63) is 34.6 Å². The smallest absolute Gasteiger partial charge is 0.303 e. The molecular formula is C30H42N4O3. The first-order valence-electron chi connectivity index (χ1n) is 14.8. The Morgan fingerprint density at radius 2 is 1.59 bits per heavy atom. The van der Waals surface area contributed by atoms with Crippen molar-refractivity contribution in [2.45, 2.75) is 108 Å². The molecule has 37 heavy (non-hydrogen) atoms. The lowest BCUT2D eigenvalue weighted by molar-refractivity contribution is -0.137. The molecule has 0 spiro atoms. The molecule has 6 rings (SSSR count). The number of para-hydroxylation sites is 2. The fourth-order valence-corrected chi connectivity index (χ4v) is 8.07. The molecule has 2 bridgehead atoms. The SMILES string of the molecule is O=C(O)CC1CCN(c2nc3ccccc3n(CC3CC4CC[C@@H](C3)N4C3CCCCCCC3)c2=O)C1. The molecule has 4 fully saturated rings. The molecule has 7 nitrogen and oxygen atoms in total. The number of anilines is 1. The van der Waals surface area contributed by atoms with E-state index in [1.54, 1.807) is 0 Å². The third-order valence-corrected chi connectivity index (χ3v) is 9.71. The Balaban J connectivity index is 1.23. The minimum atomic E-state index is -0.767. The maximum absolute atomic E-state index is 13.9. The molecule has 1 aliphatic carbocycles. The van der Waals surface area contributed by atoms with Crippen LogP contribution in [0.1, 0.15) is 83.5 Å². The van der Waals surface area contributed by atoms with Crippen molar-refractivity contribution in [3.63, 3.8) is 0 Å². The van der Waals surface area contributed by atoms with Gasteiger partial charge in [0, 0.05) is 44.2 Å². The van der Waals surface area contributed by atoms with Crippen LogP contribution in [0, 0.1) is 11.8 Å². The van der Waals surface area contributed by atoms with Gasteiger partial charge in [-0.05, 0) is 68.9 Å². The lowest BCUT2D eigenvalue weighted by Crippen LogP contribution is -2.49. The first kappa shape index (κ1) is 24.9. The van der Waals surface area contributed by atoms with Crippen LogP contribution in [0.3, 0.4) is 0 Å². The summed E-state index contributed by atoms with van der Waals surface area (Å²) < 4.78 is 2.00. The number of aliphatic carboxylic acids is 1. The Bertz CT molecular complexity index is 1160. The van der Waals surface area contributed by atoms with Crippen molar-refractivity contribution in [1.82, 2.24) is 14.5 Å². The van der Waals surface area contributed by atoms with Crippen LogP contribution in [0.4, 0.5) is 5.82 Å². The number of hydrogen-bond acceptors (Lipinski definition) is 5. The quantitative estimate of drug-likeness (QED) is 0.591. The lowest BCUT2D eigenvalue weighted by Gasteiger charge is -2.44. The van der Waals surface area contributed by atoms with Crippen LogP contribution in [-0.4, -0.2) is 56.7 Å². The van der Waals surface area contributed by atoms with Crippen LogP contribution in [0.5, 0.6) is 0 Å². The number of rotatable bonds is 6. The summed E-state index contributed by atoms with van der Waals surface area (Å²) in [4.78, 5) is 34.8. The van der Waals surface area contributed by atoms with Crippen molar-refractivity contribution in [2.75, 3.05) is 18.0 Å². The predicted molar refractivity (Wildman–Crippen MR) is 146 cm³/mol. The van der Waals surface area contributed by atoms with E-state index in [1.807, 2.05) is 33.7 Å². The Hall–Kier alpha value is -2.41. The van der Waals surface area contributed by atoms with E-state index in [9.17, 15) is 14.7 Å². The second kappa shape index (κ2) is 10.8. The number of carboxylic acids is 1. The molecule has 0 amide bonds. The second-order valence-electron chi connectivity index (χ2n) is 12.2. The second-order valence-corrected chi connectivity index (χ2v) is 12.2. The van der Waals surface area contributed by atoms with Gasteiger partial charge in [-0.15, -0.1) is 0 Å². The van der Waals surface area contributed by atoms with Crippen molar-refractivity contribution in [2.24, 2.45) is 11.8 Å². The highest BCUT2D eigenvalue weighted by Gasteiger charge is 2.43. The van der Waals surface area contributed by atoms with Crippen molar-refractivity contribution >= 4 is 22.8 Å². The monoisotopic (exact) mass is 506 g/mol. The summed E-state index contributed by atoms with van der Waals surface area (Å²) in [5.41, 5.74) is 1.77. The van der Waals surface area contributed by atoms with E-state index >= 15 is 0 Å². The lowest BCUT2D eigenvalue weighted by atomic mass is 9.86. The van der Waals surface area contributed by atoms with Gasteiger partial charge in [0.2, 0.25) is 0 Å². The summed E-state index contributed by atoms with van der Waals surface area (Å²) in [6.07, 6.45) is 15.7. The number of benzene rings is 1. The van der Waals surface area contributed by atoms with E-state index in [1.165, 1.54) is 70.6 Å². The molecule has 3 unspecified atom stereocenters. The van der Waals surface area contributed by atoms with E-state index in [0.29, 0.717) is 36.9 Å². The number of hydrogen-bond donors (Lipinski definition) is 1. The highest BCUT2D eigenvalue weighted by molar-refractivity contribution is 5.76. The molecular weight excluding hydrogens is 464 g/mol. The Morgan fingerprint density at radius 3 is 2.32 bits per heavy atom. The van der Waals surface area contributed by atoms with Gasteiger partial charge in [-0.3, -0.25) is 14.5 Å². The molecule has 200 valence electrons. The molecule has 4 atom stereocenters. The first-order chi connectivity index (χ1) is 18.1. The van der Waals surface area contributed by atoms with Crippen molar-refractivity contribution in [3.8, 4) is 0 Å². The molecule has 3 aliphatic heterocycles. The standard InChI is InChI=1S/C30H42N4O3/c35-28(36)18-21-14-15-32(19-21)29-30(37)33(27-11-7-6-10-26(27)31-29)20-22-16-24-12-13-25(17-22)34(24)23-8-4-2-1-3-5-9-23/h6-7,10-11,21-25H,1-5,8-9,12-20H2,(H,35,36)/t21?,22?,24-,25?/m0/s1.